The third-order valence-corrected chi connectivity index (χ3v) is 5.08. The second-order valence-electron chi connectivity index (χ2n) is 5.31. The van der Waals surface area contributed by atoms with Crippen molar-refractivity contribution in [1.82, 2.24) is 4.90 Å². The number of benzene rings is 1. The second-order valence-corrected chi connectivity index (χ2v) is 7.15. The summed E-state index contributed by atoms with van der Waals surface area (Å²) in [7, 11) is 2.45. The molecule has 1 fully saturated rings. The van der Waals surface area contributed by atoms with Gasteiger partial charge >= 0.3 is 11.9 Å². The first-order valence-electron chi connectivity index (χ1n) is 7.62. The molecular weight excluding hydrogens is 442 g/mol. The van der Waals surface area contributed by atoms with E-state index in [4.69, 9.17) is 4.74 Å². The molecule has 0 radical (unpaired) electrons. The molecule has 10 heteroatoms. The molecule has 27 heavy (non-hydrogen) atoms. The van der Waals surface area contributed by atoms with Crippen LogP contribution in [0.4, 0.5) is 4.79 Å². The molecule has 0 aromatic heterocycles. The number of nitrogens with zero attached hydrogens (tertiary/aromatic N) is 1. The van der Waals surface area contributed by atoms with Crippen molar-refractivity contribution in [2.75, 3.05) is 20.8 Å². The van der Waals surface area contributed by atoms with Crippen LogP contribution in [0.25, 0.3) is 6.08 Å². The Morgan fingerprint density at radius 2 is 1.96 bits per heavy atom. The number of ether oxygens (including phenoxy) is 3. The Bertz CT molecular complexity index is 823. The predicted molar refractivity (Wildman–Crippen MR) is 101 cm³/mol. The number of rotatable bonds is 6. The molecule has 1 atom stereocenters. The number of carbonyl (C=O) groups excluding carboxylic acids is 4. The van der Waals surface area contributed by atoms with Crippen molar-refractivity contribution in [1.29, 1.82) is 0 Å². The van der Waals surface area contributed by atoms with Gasteiger partial charge in [0.25, 0.3) is 11.1 Å². The molecule has 144 valence electrons. The van der Waals surface area contributed by atoms with Gasteiger partial charge in [-0.05, 0) is 58.4 Å². The van der Waals surface area contributed by atoms with Crippen LogP contribution >= 0.6 is 27.7 Å². The third kappa shape index (κ3) is 4.89. The van der Waals surface area contributed by atoms with Gasteiger partial charge in [-0.25, -0.2) is 9.59 Å². The lowest BCUT2D eigenvalue weighted by Gasteiger charge is -2.18. The zero-order valence-corrected chi connectivity index (χ0v) is 17.1. The summed E-state index contributed by atoms with van der Waals surface area (Å²) in [5.41, 5.74) is 0.628. The normalized spacial score (nSPS) is 16.4. The van der Waals surface area contributed by atoms with Crippen molar-refractivity contribution in [3.05, 3.63) is 33.1 Å². The van der Waals surface area contributed by atoms with Crippen LogP contribution in [-0.2, 0) is 23.9 Å². The minimum atomic E-state index is -1.01. The number of esters is 2. The lowest BCUT2D eigenvalue weighted by atomic mass is 10.2. The Labute approximate surface area is 167 Å². The molecule has 0 aliphatic carbocycles. The summed E-state index contributed by atoms with van der Waals surface area (Å²) in [6, 6.07) is 3.94. The molecule has 8 nitrogen and oxygen atoms in total. The predicted octanol–water partition coefficient (Wildman–Crippen LogP) is 2.60. The number of thioether (sulfide) groups is 1. The monoisotopic (exact) mass is 457 g/mol. The topological polar surface area (TPSA) is 99.2 Å². The molecule has 1 aliphatic rings. The van der Waals surface area contributed by atoms with E-state index in [-0.39, 0.29) is 11.5 Å². The first-order chi connectivity index (χ1) is 12.8. The van der Waals surface area contributed by atoms with E-state index >= 15 is 0 Å². The maximum Gasteiger partial charge on any atom is 0.343 e. The highest BCUT2D eigenvalue weighted by molar-refractivity contribution is 9.10. The fourth-order valence-electron chi connectivity index (χ4n) is 2.16. The molecule has 1 unspecified atom stereocenters. The molecule has 2 amide bonds. The maximum atomic E-state index is 12.5. The zero-order valence-electron chi connectivity index (χ0n) is 14.7. The van der Waals surface area contributed by atoms with Crippen molar-refractivity contribution >= 4 is 56.9 Å². The van der Waals surface area contributed by atoms with Crippen LogP contribution in [0.1, 0.15) is 12.5 Å². The van der Waals surface area contributed by atoms with Gasteiger partial charge < -0.3 is 14.2 Å². The van der Waals surface area contributed by atoms with E-state index in [1.54, 1.807) is 18.2 Å². The molecule has 1 aliphatic heterocycles. The van der Waals surface area contributed by atoms with Gasteiger partial charge in [-0.2, -0.15) is 0 Å². The highest BCUT2D eigenvalue weighted by atomic mass is 79.9. The molecule has 1 heterocycles. The summed E-state index contributed by atoms with van der Waals surface area (Å²) in [6.07, 6.45) is 1.53. The van der Waals surface area contributed by atoms with Gasteiger partial charge in [0, 0.05) is 0 Å². The highest BCUT2D eigenvalue weighted by Crippen LogP contribution is 2.35. The molecule has 1 aromatic rings. The van der Waals surface area contributed by atoms with Gasteiger partial charge in [-0.3, -0.25) is 14.5 Å². The summed E-state index contributed by atoms with van der Waals surface area (Å²) in [5, 5.41) is -0.541. The Morgan fingerprint density at radius 1 is 1.26 bits per heavy atom. The van der Waals surface area contributed by atoms with Crippen molar-refractivity contribution in [3.8, 4) is 5.75 Å². The second kappa shape index (κ2) is 9.05. The smallest absolute Gasteiger partial charge is 0.343 e. The highest BCUT2D eigenvalue weighted by Gasteiger charge is 2.41. The van der Waals surface area contributed by atoms with Gasteiger partial charge in [-0.1, -0.05) is 6.07 Å². The summed E-state index contributed by atoms with van der Waals surface area (Å²) < 4.78 is 15.0. The molecule has 2 rings (SSSR count). The van der Waals surface area contributed by atoms with E-state index in [0.29, 0.717) is 15.8 Å². The fourth-order valence-corrected chi connectivity index (χ4v) is 3.58. The summed E-state index contributed by atoms with van der Waals surface area (Å²) in [5.74, 6) is -1.33. The zero-order chi connectivity index (χ0) is 20.1. The van der Waals surface area contributed by atoms with Crippen LogP contribution in [0.3, 0.4) is 0 Å². The Morgan fingerprint density at radius 3 is 2.56 bits per heavy atom. The molecular formula is C17H16BrNO7S. The molecule has 0 saturated carbocycles. The Kier molecular flexibility index (Phi) is 7.03. The van der Waals surface area contributed by atoms with E-state index in [1.807, 2.05) is 0 Å². The number of amides is 2. The first kappa shape index (κ1) is 21.0. The van der Waals surface area contributed by atoms with Crippen LogP contribution in [0.2, 0.25) is 0 Å². The minimum Gasteiger partial charge on any atom is -0.481 e. The van der Waals surface area contributed by atoms with Crippen LogP contribution in [0.5, 0.6) is 5.75 Å². The van der Waals surface area contributed by atoms with Crippen molar-refractivity contribution in [2.24, 2.45) is 0 Å². The summed E-state index contributed by atoms with van der Waals surface area (Å²) >= 11 is 4.07. The van der Waals surface area contributed by atoms with Crippen LogP contribution in [0, 0.1) is 0 Å². The summed E-state index contributed by atoms with van der Waals surface area (Å²) in [6.45, 7) is 1.19. The van der Waals surface area contributed by atoms with Gasteiger partial charge in [0.15, 0.2) is 6.61 Å². The van der Waals surface area contributed by atoms with Crippen LogP contribution in [0.15, 0.2) is 27.6 Å². The van der Waals surface area contributed by atoms with Gasteiger partial charge in [0.05, 0.1) is 23.6 Å². The van der Waals surface area contributed by atoms with Gasteiger partial charge in [0.2, 0.25) is 0 Å². The number of carbonyl (C=O) groups is 4. The Balaban J connectivity index is 2.18. The lowest BCUT2D eigenvalue weighted by Crippen LogP contribution is -2.42. The first-order valence-corrected chi connectivity index (χ1v) is 9.23. The van der Waals surface area contributed by atoms with Crippen molar-refractivity contribution < 1.29 is 33.4 Å². The van der Waals surface area contributed by atoms with E-state index in [2.05, 4.69) is 25.4 Å². The Hall–Kier alpha value is -2.33. The SMILES string of the molecule is COC(=O)COc1ccc(/C=C2/SC(=O)N(C(C)C(=O)OC)C2=O)cc1Br. The number of methoxy groups -OCH3 is 2. The quantitative estimate of drug-likeness (QED) is 0.474. The number of hydrogen-bond acceptors (Lipinski definition) is 8. The fraction of sp³-hybridized carbons (Fsp3) is 0.294. The van der Waals surface area contributed by atoms with Crippen molar-refractivity contribution in [3.63, 3.8) is 0 Å². The average molecular weight is 458 g/mol. The summed E-state index contributed by atoms with van der Waals surface area (Å²) in [4.78, 5) is 48.4. The number of imide groups is 1. The van der Waals surface area contributed by atoms with Crippen molar-refractivity contribution in [2.45, 2.75) is 13.0 Å². The van der Waals surface area contributed by atoms with Gasteiger partial charge in [-0.15, -0.1) is 0 Å². The molecule has 0 spiro atoms. The number of hydrogen-bond donors (Lipinski definition) is 0. The van der Waals surface area contributed by atoms with E-state index < -0.39 is 29.1 Å². The third-order valence-electron chi connectivity index (χ3n) is 3.58. The van der Waals surface area contributed by atoms with E-state index in [9.17, 15) is 19.2 Å². The molecule has 0 bridgehead atoms. The van der Waals surface area contributed by atoms with Crippen LogP contribution in [-0.4, -0.2) is 54.9 Å². The van der Waals surface area contributed by atoms with E-state index in [1.165, 1.54) is 27.2 Å². The lowest BCUT2D eigenvalue weighted by molar-refractivity contribution is -0.148. The largest absolute Gasteiger partial charge is 0.481 e. The molecule has 0 N–H and O–H groups in total. The van der Waals surface area contributed by atoms with E-state index in [0.717, 1.165) is 16.7 Å². The average Bonchev–Trinajstić information content (AvgIpc) is 2.92. The molecule has 1 saturated heterocycles. The minimum absolute atomic E-state index is 0.186. The standard InChI is InChI=1S/C17H16BrNO7S/c1-9(16(22)25-3)19-15(21)13(27-17(19)23)7-10-4-5-12(11(18)6-10)26-8-14(20)24-2/h4-7,9H,8H2,1-3H3/b13-7+. The molecule has 1 aromatic carbocycles. The van der Waals surface area contributed by atoms with Crippen LogP contribution < -0.4 is 4.74 Å². The number of halogens is 1. The van der Waals surface area contributed by atoms with Gasteiger partial charge in [0.1, 0.15) is 11.8 Å². The maximum absolute atomic E-state index is 12.5.